The van der Waals surface area contributed by atoms with E-state index in [2.05, 4.69) is 19.9 Å². The summed E-state index contributed by atoms with van der Waals surface area (Å²) >= 11 is 0. The van der Waals surface area contributed by atoms with Crippen molar-refractivity contribution >= 4 is 28.4 Å². The summed E-state index contributed by atoms with van der Waals surface area (Å²) < 4.78 is 7.85. The first-order valence-corrected chi connectivity index (χ1v) is 15.2. The van der Waals surface area contributed by atoms with E-state index in [4.69, 9.17) is 9.84 Å². The summed E-state index contributed by atoms with van der Waals surface area (Å²) in [5.41, 5.74) is 2.43. The van der Waals surface area contributed by atoms with Crippen molar-refractivity contribution in [2.75, 3.05) is 6.61 Å². The van der Waals surface area contributed by atoms with Gasteiger partial charge in [0, 0.05) is 24.8 Å². The molecule has 1 saturated heterocycles. The monoisotopic (exact) mass is 535 g/mol. The third kappa shape index (κ3) is 5.64. The average Bonchev–Trinajstić information content (AvgIpc) is 3.31. The van der Waals surface area contributed by atoms with Crippen LogP contribution >= 0.6 is 0 Å². The van der Waals surface area contributed by atoms with E-state index in [1.807, 2.05) is 17.9 Å². The second kappa shape index (κ2) is 11.4. The third-order valence-corrected chi connectivity index (χ3v) is 9.15. The van der Waals surface area contributed by atoms with Crippen LogP contribution in [0.25, 0.3) is 10.9 Å². The molecule has 0 N–H and O–H groups in total. The van der Waals surface area contributed by atoms with Gasteiger partial charge in [0.15, 0.2) is 11.6 Å². The van der Waals surface area contributed by atoms with Gasteiger partial charge >= 0.3 is 0 Å². The Kier molecular flexibility index (Phi) is 8.16. The number of aromatic nitrogens is 2. The molecule has 0 unspecified atom stereocenters. The maximum Gasteiger partial charge on any atom is 0.245 e. The van der Waals surface area contributed by atoms with Crippen molar-refractivity contribution in [3.05, 3.63) is 23.4 Å². The van der Waals surface area contributed by atoms with Gasteiger partial charge in [-0.15, -0.1) is 0 Å². The van der Waals surface area contributed by atoms with Crippen LogP contribution in [0.5, 0.6) is 5.75 Å². The number of rotatable bonds is 6. The lowest BCUT2D eigenvalue weighted by molar-refractivity contribution is -0.139. The number of hydrogen-bond donors (Lipinski definition) is 0. The maximum absolute atomic E-state index is 14.0. The van der Waals surface area contributed by atoms with E-state index in [9.17, 15) is 14.4 Å². The van der Waals surface area contributed by atoms with Crippen molar-refractivity contribution in [3.63, 3.8) is 0 Å². The summed E-state index contributed by atoms with van der Waals surface area (Å²) in [6.45, 7) is 8.30. The predicted octanol–water partition coefficient (Wildman–Crippen LogP) is 6.29. The molecule has 3 aliphatic rings. The van der Waals surface area contributed by atoms with Crippen molar-refractivity contribution in [3.8, 4) is 5.75 Å². The number of ketones is 2. The average molecular weight is 536 g/mol. The summed E-state index contributed by atoms with van der Waals surface area (Å²) in [6, 6.07) is 3.83. The predicted molar refractivity (Wildman–Crippen MR) is 152 cm³/mol. The van der Waals surface area contributed by atoms with E-state index >= 15 is 0 Å². The van der Waals surface area contributed by atoms with Crippen molar-refractivity contribution in [2.24, 2.45) is 11.3 Å². The van der Waals surface area contributed by atoms with Gasteiger partial charge < -0.3 is 9.64 Å². The van der Waals surface area contributed by atoms with E-state index in [0.29, 0.717) is 24.6 Å². The molecule has 0 radical (unpaired) electrons. The number of carbonyl (C=O) groups excluding carboxylic acids is 3. The molecule has 39 heavy (non-hydrogen) atoms. The van der Waals surface area contributed by atoms with Crippen LogP contribution in [0.4, 0.5) is 0 Å². The maximum atomic E-state index is 14.0. The van der Waals surface area contributed by atoms with Gasteiger partial charge in [-0.05, 0) is 61.1 Å². The van der Waals surface area contributed by atoms with Gasteiger partial charge in [0.25, 0.3) is 0 Å². The molecule has 3 atom stereocenters. The van der Waals surface area contributed by atoms with Gasteiger partial charge in [-0.1, -0.05) is 59.3 Å². The molecule has 2 aromatic rings. The minimum atomic E-state index is -0.329. The number of Topliss-reactive ketones (excluding diaryl/α,β-unsaturated/α-hetero) is 2. The molecule has 5 rings (SSSR count). The fourth-order valence-corrected chi connectivity index (χ4v) is 7.04. The van der Waals surface area contributed by atoms with Gasteiger partial charge in [0.2, 0.25) is 5.91 Å². The van der Waals surface area contributed by atoms with Crippen LogP contribution in [-0.4, -0.2) is 50.8 Å². The normalized spacial score (nSPS) is 26.0. The van der Waals surface area contributed by atoms with Gasteiger partial charge in [-0.25, -0.2) is 0 Å². The fourth-order valence-electron chi connectivity index (χ4n) is 7.04. The molecule has 0 spiro atoms. The van der Waals surface area contributed by atoms with Crippen molar-refractivity contribution in [1.82, 2.24) is 14.7 Å². The Balaban J connectivity index is 1.55. The molecule has 7 nitrogen and oxygen atoms in total. The molecule has 1 aromatic carbocycles. The summed E-state index contributed by atoms with van der Waals surface area (Å²) in [4.78, 5) is 41.6. The number of amides is 1. The second-order valence-electron chi connectivity index (χ2n) is 12.6. The van der Waals surface area contributed by atoms with Crippen LogP contribution < -0.4 is 4.74 Å². The van der Waals surface area contributed by atoms with Crippen LogP contribution in [0.1, 0.15) is 114 Å². The SMILES string of the molecule is CCC(=O)[C@@H]1C[C@]23CCCCCCCCCc4cc(OCC(C)C)cc5c(C(C)=O)nn(c45)CC(=O)N1[C@@H]2C3. The number of aryl methyl sites for hydroxylation is 1. The highest BCUT2D eigenvalue weighted by Gasteiger charge is 2.66. The zero-order valence-electron chi connectivity index (χ0n) is 24.3. The first-order chi connectivity index (χ1) is 18.7. The Morgan fingerprint density at radius 2 is 1.79 bits per heavy atom. The molecule has 1 amide bonds. The van der Waals surface area contributed by atoms with Crippen LogP contribution in [-0.2, 0) is 22.6 Å². The molecule has 2 aliphatic heterocycles. The second-order valence-corrected chi connectivity index (χ2v) is 12.6. The lowest BCUT2D eigenvalue weighted by atomic mass is 9.91. The summed E-state index contributed by atoms with van der Waals surface area (Å²) in [5.74, 6) is 1.11. The minimum Gasteiger partial charge on any atom is -0.493 e. The summed E-state index contributed by atoms with van der Waals surface area (Å²) in [7, 11) is 0. The molecule has 2 fully saturated rings. The first-order valence-electron chi connectivity index (χ1n) is 15.2. The van der Waals surface area contributed by atoms with Crippen molar-refractivity contribution < 1.29 is 19.1 Å². The number of carbonyl (C=O) groups is 3. The van der Waals surface area contributed by atoms with Gasteiger partial charge in [0.1, 0.15) is 18.0 Å². The number of nitrogens with zero attached hydrogens (tertiary/aromatic N) is 3. The number of benzene rings is 1. The molecule has 1 aliphatic carbocycles. The summed E-state index contributed by atoms with van der Waals surface area (Å²) in [5, 5.41) is 5.47. The van der Waals surface area contributed by atoms with Crippen LogP contribution in [0.3, 0.4) is 0 Å². The standard InChI is InChI=1S/C32H45N3O4/c1-5-27(37)26-17-32-14-12-10-8-6-7-9-11-13-23-15-24(39-20-21(2)3)16-25-30(22(4)36)33-34(31(23)25)19-29(38)35(26)28(32)18-32/h15-16,21,26,28H,5-14,17-20H2,1-4H3/t26-,28+,32-/m0/s1. The Labute approximate surface area is 232 Å². The number of ether oxygens (including phenoxy) is 1. The first kappa shape index (κ1) is 27.9. The molecule has 2 bridgehead atoms. The third-order valence-electron chi connectivity index (χ3n) is 9.15. The van der Waals surface area contributed by atoms with E-state index in [1.54, 1.807) is 4.68 Å². The highest BCUT2D eigenvalue weighted by atomic mass is 16.5. The quantitative estimate of drug-likeness (QED) is 0.406. The molecule has 1 saturated carbocycles. The Morgan fingerprint density at radius 3 is 2.49 bits per heavy atom. The van der Waals surface area contributed by atoms with Crippen molar-refractivity contribution in [2.45, 2.75) is 123 Å². The highest BCUT2D eigenvalue weighted by molar-refractivity contribution is 6.06. The molecule has 1 aromatic heterocycles. The fraction of sp³-hybridized carbons (Fsp3) is 0.688. The topological polar surface area (TPSA) is 81.5 Å². The van der Waals surface area contributed by atoms with Crippen LogP contribution in [0, 0.1) is 11.3 Å². The zero-order chi connectivity index (χ0) is 27.7. The number of hydrogen-bond acceptors (Lipinski definition) is 5. The zero-order valence-corrected chi connectivity index (χ0v) is 24.3. The Bertz CT molecular complexity index is 1250. The highest BCUT2D eigenvalue weighted by Crippen LogP contribution is 2.62. The van der Waals surface area contributed by atoms with E-state index in [0.717, 1.165) is 60.7 Å². The molecular formula is C32H45N3O4. The van der Waals surface area contributed by atoms with Gasteiger partial charge in [-0.3, -0.25) is 19.1 Å². The molecular weight excluding hydrogens is 490 g/mol. The molecule has 3 heterocycles. The van der Waals surface area contributed by atoms with E-state index in [1.165, 1.54) is 39.0 Å². The van der Waals surface area contributed by atoms with Gasteiger partial charge in [0.05, 0.1) is 18.2 Å². The smallest absolute Gasteiger partial charge is 0.245 e. The molecule has 212 valence electrons. The lowest BCUT2D eigenvalue weighted by Crippen LogP contribution is -2.44. The van der Waals surface area contributed by atoms with Crippen LogP contribution in [0.2, 0.25) is 0 Å². The number of piperidine rings is 1. The van der Waals surface area contributed by atoms with Crippen LogP contribution in [0.15, 0.2) is 12.1 Å². The minimum absolute atomic E-state index is 0.0447. The summed E-state index contributed by atoms with van der Waals surface area (Å²) in [6.07, 6.45) is 12.5. The largest absolute Gasteiger partial charge is 0.493 e. The lowest BCUT2D eigenvalue weighted by Gasteiger charge is -2.26. The Morgan fingerprint density at radius 1 is 1.08 bits per heavy atom. The van der Waals surface area contributed by atoms with Gasteiger partial charge in [-0.2, -0.15) is 5.10 Å². The van der Waals surface area contributed by atoms with E-state index in [-0.39, 0.29) is 41.5 Å². The Hall–Kier alpha value is -2.70. The molecule has 7 heteroatoms. The van der Waals surface area contributed by atoms with Crippen molar-refractivity contribution in [1.29, 1.82) is 0 Å². The van der Waals surface area contributed by atoms with E-state index < -0.39 is 0 Å².